The van der Waals surface area contributed by atoms with Crippen LogP contribution in [0.5, 0.6) is 0 Å². The first-order chi connectivity index (χ1) is 12.5. The van der Waals surface area contributed by atoms with Gasteiger partial charge in [0.1, 0.15) is 5.82 Å². The highest BCUT2D eigenvalue weighted by atomic mass is 19.1. The first-order valence-electron chi connectivity index (χ1n) is 9.13. The van der Waals surface area contributed by atoms with E-state index in [-0.39, 0.29) is 5.82 Å². The van der Waals surface area contributed by atoms with Gasteiger partial charge in [0.15, 0.2) is 0 Å². The fraction of sp³-hybridized carbons (Fsp3) is 0.381. The minimum atomic E-state index is -0.542. The molecule has 0 bridgehead atoms. The fourth-order valence-electron chi connectivity index (χ4n) is 3.84. The lowest BCUT2D eigenvalue weighted by atomic mass is 9.91. The number of halogens is 1. The third-order valence-corrected chi connectivity index (χ3v) is 5.07. The zero-order valence-electron chi connectivity index (χ0n) is 15.2. The zero-order chi connectivity index (χ0) is 18.5. The summed E-state index contributed by atoms with van der Waals surface area (Å²) in [7, 11) is 0. The van der Waals surface area contributed by atoms with Crippen LogP contribution in [0.25, 0.3) is 0 Å². The maximum Gasteiger partial charge on any atom is 0.316 e. The quantitative estimate of drug-likeness (QED) is 0.849. The standard InChI is InChI=1S/C21H26FN3O/c1-15-5-2-9-20(24-21(23)26)19(15)14-25-10-4-7-17(13-25)11-16-6-3-8-18(22)12-16/h2-3,5-6,8-9,12,17H,4,7,10-11,13-14H2,1H3,(H3,23,24,26). The lowest BCUT2D eigenvalue weighted by Crippen LogP contribution is -2.36. The molecule has 3 rings (SSSR count). The smallest absolute Gasteiger partial charge is 0.316 e. The molecule has 0 radical (unpaired) electrons. The number of urea groups is 1. The average molecular weight is 355 g/mol. The van der Waals surface area contributed by atoms with Gasteiger partial charge in [0, 0.05) is 18.8 Å². The second kappa shape index (κ2) is 8.32. The maximum absolute atomic E-state index is 13.4. The Labute approximate surface area is 154 Å². The summed E-state index contributed by atoms with van der Waals surface area (Å²) in [5, 5.41) is 2.73. The summed E-state index contributed by atoms with van der Waals surface area (Å²) in [4.78, 5) is 13.7. The Bertz CT molecular complexity index is 778. The van der Waals surface area contributed by atoms with Gasteiger partial charge in [-0.1, -0.05) is 24.3 Å². The predicted octanol–water partition coefficient (Wildman–Crippen LogP) is 4.08. The number of nitrogens with two attached hydrogens (primary N) is 1. The molecular weight excluding hydrogens is 329 g/mol. The molecule has 0 saturated carbocycles. The van der Waals surface area contributed by atoms with Crippen LogP contribution in [0, 0.1) is 18.7 Å². The summed E-state index contributed by atoms with van der Waals surface area (Å²) < 4.78 is 13.4. The van der Waals surface area contributed by atoms with Crippen LogP contribution in [0.3, 0.4) is 0 Å². The number of amides is 2. The molecule has 2 aromatic carbocycles. The number of carbonyl (C=O) groups excluding carboxylic acids is 1. The molecule has 1 fully saturated rings. The number of primary amides is 1. The fourth-order valence-corrected chi connectivity index (χ4v) is 3.84. The summed E-state index contributed by atoms with van der Waals surface area (Å²) in [6.07, 6.45) is 3.19. The molecule has 4 nitrogen and oxygen atoms in total. The number of anilines is 1. The van der Waals surface area contributed by atoms with Crippen molar-refractivity contribution in [3.05, 3.63) is 65.0 Å². The van der Waals surface area contributed by atoms with Gasteiger partial charge >= 0.3 is 6.03 Å². The van der Waals surface area contributed by atoms with E-state index in [1.54, 1.807) is 12.1 Å². The second-order valence-electron chi connectivity index (χ2n) is 7.17. The van der Waals surface area contributed by atoms with Crippen molar-refractivity contribution in [2.75, 3.05) is 18.4 Å². The third-order valence-electron chi connectivity index (χ3n) is 5.07. The van der Waals surface area contributed by atoms with Gasteiger partial charge in [0.25, 0.3) is 0 Å². The Morgan fingerprint density at radius 1 is 1.31 bits per heavy atom. The van der Waals surface area contributed by atoms with Crippen LogP contribution in [0.1, 0.15) is 29.5 Å². The molecule has 26 heavy (non-hydrogen) atoms. The largest absolute Gasteiger partial charge is 0.351 e. The third kappa shape index (κ3) is 4.82. The van der Waals surface area contributed by atoms with Crippen LogP contribution in [0.15, 0.2) is 42.5 Å². The van der Waals surface area contributed by atoms with E-state index in [0.717, 1.165) is 61.3 Å². The SMILES string of the molecule is Cc1cccc(NC(N)=O)c1CN1CCCC(Cc2cccc(F)c2)C1. The van der Waals surface area contributed by atoms with Gasteiger partial charge in [0.2, 0.25) is 0 Å². The number of likely N-dealkylation sites (tertiary alicyclic amines) is 1. The number of hydrogen-bond donors (Lipinski definition) is 2. The number of nitrogens with zero attached hydrogens (tertiary/aromatic N) is 1. The Hall–Kier alpha value is -2.40. The molecule has 1 unspecified atom stereocenters. The van der Waals surface area contributed by atoms with Crippen molar-refractivity contribution in [2.24, 2.45) is 11.7 Å². The molecule has 2 amide bonds. The lowest BCUT2D eigenvalue weighted by molar-refractivity contribution is 0.167. The van der Waals surface area contributed by atoms with Crippen LogP contribution in [-0.2, 0) is 13.0 Å². The molecule has 0 aromatic heterocycles. The molecule has 1 atom stereocenters. The second-order valence-corrected chi connectivity index (χ2v) is 7.17. The van der Waals surface area contributed by atoms with Crippen molar-refractivity contribution >= 4 is 11.7 Å². The number of aryl methyl sites for hydroxylation is 1. The van der Waals surface area contributed by atoms with Gasteiger partial charge in [-0.05, 0) is 73.5 Å². The zero-order valence-corrected chi connectivity index (χ0v) is 15.2. The molecular formula is C21H26FN3O. The van der Waals surface area contributed by atoms with Crippen molar-refractivity contribution in [1.29, 1.82) is 0 Å². The molecule has 5 heteroatoms. The van der Waals surface area contributed by atoms with Crippen LogP contribution in [0.4, 0.5) is 14.9 Å². The summed E-state index contributed by atoms with van der Waals surface area (Å²) in [6.45, 7) is 4.84. The van der Waals surface area contributed by atoms with Gasteiger partial charge in [0.05, 0.1) is 0 Å². The Balaban J connectivity index is 1.68. The number of piperidine rings is 1. The van der Waals surface area contributed by atoms with Crippen molar-refractivity contribution in [2.45, 2.75) is 32.7 Å². The van der Waals surface area contributed by atoms with Crippen molar-refractivity contribution in [3.8, 4) is 0 Å². The van der Waals surface area contributed by atoms with E-state index in [1.807, 2.05) is 18.2 Å². The van der Waals surface area contributed by atoms with E-state index in [0.29, 0.717) is 5.92 Å². The molecule has 138 valence electrons. The molecule has 3 N–H and O–H groups in total. The normalized spacial score (nSPS) is 17.8. The number of carbonyl (C=O) groups is 1. The van der Waals surface area contributed by atoms with E-state index in [9.17, 15) is 9.18 Å². The Morgan fingerprint density at radius 2 is 2.12 bits per heavy atom. The first-order valence-corrected chi connectivity index (χ1v) is 9.13. The topological polar surface area (TPSA) is 58.4 Å². The van der Waals surface area contributed by atoms with E-state index in [1.165, 1.54) is 6.07 Å². The molecule has 2 aromatic rings. The highest BCUT2D eigenvalue weighted by molar-refractivity contribution is 5.88. The minimum absolute atomic E-state index is 0.169. The van der Waals surface area contributed by atoms with E-state index in [2.05, 4.69) is 23.2 Å². The van der Waals surface area contributed by atoms with Crippen LogP contribution in [0.2, 0.25) is 0 Å². The highest BCUT2D eigenvalue weighted by Gasteiger charge is 2.22. The van der Waals surface area contributed by atoms with E-state index < -0.39 is 6.03 Å². The van der Waals surface area contributed by atoms with Gasteiger partial charge < -0.3 is 11.1 Å². The lowest BCUT2D eigenvalue weighted by Gasteiger charge is -2.33. The minimum Gasteiger partial charge on any atom is -0.351 e. The molecule has 1 heterocycles. The number of rotatable bonds is 5. The number of benzene rings is 2. The van der Waals surface area contributed by atoms with Crippen molar-refractivity contribution < 1.29 is 9.18 Å². The van der Waals surface area contributed by atoms with Gasteiger partial charge in [-0.15, -0.1) is 0 Å². The summed E-state index contributed by atoms with van der Waals surface area (Å²) >= 11 is 0. The van der Waals surface area contributed by atoms with E-state index in [4.69, 9.17) is 5.73 Å². The molecule has 1 saturated heterocycles. The number of hydrogen-bond acceptors (Lipinski definition) is 2. The van der Waals surface area contributed by atoms with Crippen LogP contribution in [-0.4, -0.2) is 24.0 Å². The molecule has 1 aliphatic rings. The molecule has 0 spiro atoms. The highest BCUT2D eigenvalue weighted by Crippen LogP contribution is 2.26. The van der Waals surface area contributed by atoms with Gasteiger partial charge in [-0.3, -0.25) is 4.90 Å². The van der Waals surface area contributed by atoms with E-state index >= 15 is 0 Å². The van der Waals surface area contributed by atoms with Crippen molar-refractivity contribution in [1.82, 2.24) is 4.90 Å². The van der Waals surface area contributed by atoms with Crippen molar-refractivity contribution in [3.63, 3.8) is 0 Å². The number of nitrogens with one attached hydrogen (secondary N) is 1. The van der Waals surface area contributed by atoms with Crippen LogP contribution < -0.4 is 11.1 Å². The Kier molecular flexibility index (Phi) is 5.89. The first kappa shape index (κ1) is 18.4. The van der Waals surface area contributed by atoms with Crippen LogP contribution >= 0.6 is 0 Å². The monoisotopic (exact) mass is 355 g/mol. The average Bonchev–Trinajstić information content (AvgIpc) is 2.58. The molecule has 1 aliphatic heterocycles. The predicted molar refractivity (Wildman–Crippen MR) is 102 cm³/mol. The van der Waals surface area contributed by atoms with Gasteiger partial charge in [-0.25, -0.2) is 9.18 Å². The maximum atomic E-state index is 13.4. The summed E-state index contributed by atoms with van der Waals surface area (Å²) in [6, 6.07) is 12.2. The molecule has 0 aliphatic carbocycles. The van der Waals surface area contributed by atoms with Gasteiger partial charge in [-0.2, -0.15) is 0 Å². The summed E-state index contributed by atoms with van der Waals surface area (Å²) in [5.74, 6) is 0.347. The Morgan fingerprint density at radius 3 is 2.88 bits per heavy atom. The summed E-state index contributed by atoms with van der Waals surface area (Å²) in [5.41, 5.74) is 9.39.